The lowest BCUT2D eigenvalue weighted by atomic mass is 10.1. The van der Waals surface area contributed by atoms with Gasteiger partial charge in [-0.2, -0.15) is 5.10 Å². The number of carbonyl (C=O) groups is 1. The molecular formula is C17H18N2O2. The molecule has 0 spiro atoms. The molecule has 0 bridgehead atoms. The monoisotopic (exact) mass is 282 g/mol. The van der Waals surface area contributed by atoms with Gasteiger partial charge < -0.3 is 4.74 Å². The van der Waals surface area contributed by atoms with E-state index in [4.69, 9.17) is 4.74 Å². The van der Waals surface area contributed by atoms with E-state index in [2.05, 4.69) is 16.6 Å². The maximum absolute atomic E-state index is 11.9. The van der Waals surface area contributed by atoms with Gasteiger partial charge in [-0.05, 0) is 43.7 Å². The molecule has 0 aromatic heterocycles. The van der Waals surface area contributed by atoms with Gasteiger partial charge in [0.05, 0.1) is 13.3 Å². The molecule has 0 radical (unpaired) electrons. The molecule has 0 atom stereocenters. The summed E-state index contributed by atoms with van der Waals surface area (Å²) in [6.45, 7) is 4.06. The molecule has 1 N–H and O–H groups in total. The van der Waals surface area contributed by atoms with Crippen molar-refractivity contribution in [3.05, 3.63) is 64.7 Å². The summed E-state index contributed by atoms with van der Waals surface area (Å²) in [5.74, 6) is 0.462. The molecule has 0 aliphatic heterocycles. The summed E-state index contributed by atoms with van der Waals surface area (Å²) in [6, 6.07) is 13.0. The Hall–Kier alpha value is -2.62. The van der Waals surface area contributed by atoms with Crippen LogP contribution in [-0.4, -0.2) is 19.2 Å². The molecule has 0 saturated carbocycles. The van der Waals surface area contributed by atoms with E-state index in [0.29, 0.717) is 11.3 Å². The number of methoxy groups -OCH3 is 1. The predicted molar refractivity (Wildman–Crippen MR) is 84.0 cm³/mol. The Labute approximate surface area is 124 Å². The molecule has 4 heteroatoms. The maximum atomic E-state index is 11.9. The second-order valence-electron chi connectivity index (χ2n) is 4.85. The first kappa shape index (κ1) is 14.8. The summed E-state index contributed by atoms with van der Waals surface area (Å²) in [6.07, 6.45) is 1.64. The highest BCUT2D eigenvalue weighted by molar-refractivity contribution is 5.95. The van der Waals surface area contributed by atoms with E-state index in [1.54, 1.807) is 37.6 Å². The number of hydrazone groups is 1. The van der Waals surface area contributed by atoms with Crippen molar-refractivity contribution in [2.75, 3.05) is 7.11 Å². The van der Waals surface area contributed by atoms with Crippen molar-refractivity contribution >= 4 is 12.1 Å². The molecule has 2 rings (SSSR count). The Morgan fingerprint density at radius 3 is 2.29 bits per heavy atom. The summed E-state index contributed by atoms with van der Waals surface area (Å²) in [4.78, 5) is 11.9. The van der Waals surface area contributed by atoms with Crippen LogP contribution in [0.3, 0.4) is 0 Å². The summed E-state index contributed by atoms with van der Waals surface area (Å²) in [5, 5.41) is 3.99. The minimum Gasteiger partial charge on any atom is -0.497 e. The van der Waals surface area contributed by atoms with Crippen molar-refractivity contribution in [3.63, 3.8) is 0 Å². The number of hydrogen-bond donors (Lipinski definition) is 1. The fraction of sp³-hybridized carbons (Fsp3) is 0.176. The summed E-state index contributed by atoms with van der Waals surface area (Å²) < 4.78 is 5.05. The molecule has 0 saturated heterocycles. The lowest BCUT2D eigenvalue weighted by Crippen LogP contribution is -2.17. The number of hydrogen-bond acceptors (Lipinski definition) is 3. The van der Waals surface area contributed by atoms with Crippen molar-refractivity contribution in [1.82, 2.24) is 5.43 Å². The Kier molecular flexibility index (Phi) is 4.72. The number of benzene rings is 2. The van der Waals surface area contributed by atoms with Crippen LogP contribution in [-0.2, 0) is 0 Å². The van der Waals surface area contributed by atoms with Crippen molar-refractivity contribution in [1.29, 1.82) is 0 Å². The lowest BCUT2D eigenvalue weighted by Gasteiger charge is -2.02. The SMILES string of the molecule is COc1ccc(C(=O)N/N=C/c2cc(C)cc(C)c2)cc1. The van der Waals surface area contributed by atoms with Crippen LogP contribution < -0.4 is 10.2 Å². The van der Waals surface area contributed by atoms with Crippen LogP contribution in [0, 0.1) is 13.8 Å². The third-order valence-corrected chi connectivity index (χ3v) is 2.98. The molecule has 0 aliphatic rings. The Morgan fingerprint density at radius 2 is 1.71 bits per heavy atom. The van der Waals surface area contributed by atoms with E-state index < -0.39 is 0 Å². The molecule has 0 aliphatic carbocycles. The van der Waals surface area contributed by atoms with Crippen molar-refractivity contribution in [2.45, 2.75) is 13.8 Å². The molecule has 108 valence electrons. The van der Waals surface area contributed by atoms with Crippen LogP contribution in [0.15, 0.2) is 47.6 Å². The quantitative estimate of drug-likeness (QED) is 0.692. The van der Waals surface area contributed by atoms with E-state index in [1.807, 2.05) is 26.0 Å². The summed E-state index contributed by atoms with van der Waals surface area (Å²) in [5.41, 5.74) is 6.34. The number of nitrogens with one attached hydrogen (secondary N) is 1. The van der Waals surface area contributed by atoms with Crippen LogP contribution in [0.4, 0.5) is 0 Å². The second kappa shape index (κ2) is 6.70. The van der Waals surface area contributed by atoms with E-state index >= 15 is 0 Å². The van der Waals surface area contributed by atoms with Crippen LogP contribution >= 0.6 is 0 Å². The van der Waals surface area contributed by atoms with Crippen molar-refractivity contribution in [2.24, 2.45) is 5.10 Å². The average molecular weight is 282 g/mol. The minimum atomic E-state index is -0.252. The Bertz CT molecular complexity index is 641. The number of rotatable bonds is 4. The Balaban J connectivity index is 2.00. The molecule has 2 aromatic rings. The van der Waals surface area contributed by atoms with Crippen LogP contribution in [0.25, 0.3) is 0 Å². The fourth-order valence-corrected chi connectivity index (χ4v) is 2.06. The summed E-state index contributed by atoms with van der Waals surface area (Å²) in [7, 11) is 1.59. The largest absolute Gasteiger partial charge is 0.497 e. The van der Waals surface area contributed by atoms with Crippen LogP contribution in [0.5, 0.6) is 5.75 Å². The molecule has 0 unspecified atom stereocenters. The number of carbonyl (C=O) groups excluding carboxylic acids is 1. The molecular weight excluding hydrogens is 264 g/mol. The van der Waals surface area contributed by atoms with Gasteiger partial charge in [0.2, 0.25) is 0 Å². The average Bonchev–Trinajstić information content (AvgIpc) is 2.46. The lowest BCUT2D eigenvalue weighted by molar-refractivity contribution is 0.0955. The zero-order valence-corrected chi connectivity index (χ0v) is 12.4. The van der Waals surface area contributed by atoms with Gasteiger partial charge >= 0.3 is 0 Å². The third-order valence-electron chi connectivity index (χ3n) is 2.98. The first-order chi connectivity index (χ1) is 10.1. The minimum absolute atomic E-state index is 0.252. The maximum Gasteiger partial charge on any atom is 0.271 e. The number of amides is 1. The van der Waals surface area contributed by atoms with Crippen molar-refractivity contribution < 1.29 is 9.53 Å². The first-order valence-electron chi connectivity index (χ1n) is 6.64. The van der Waals surface area contributed by atoms with E-state index in [-0.39, 0.29) is 5.91 Å². The van der Waals surface area contributed by atoms with Gasteiger partial charge in [-0.15, -0.1) is 0 Å². The van der Waals surface area contributed by atoms with Crippen LogP contribution in [0.2, 0.25) is 0 Å². The molecule has 0 heterocycles. The number of nitrogens with zero attached hydrogens (tertiary/aromatic N) is 1. The van der Waals surface area contributed by atoms with Gasteiger partial charge in [0.15, 0.2) is 0 Å². The second-order valence-corrected chi connectivity index (χ2v) is 4.85. The van der Waals surface area contributed by atoms with Gasteiger partial charge in [0.25, 0.3) is 5.91 Å². The molecule has 4 nitrogen and oxygen atoms in total. The van der Waals surface area contributed by atoms with Gasteiger partial charge in [-0.25, -0.2) is 5.43 Å². The molecule has 2 aromatic carbocycles. The predicted octanol–water partition coefficient (Wildman–Crippen LogP) is 3.08. The van der Waals surface area contributed by atoms with Gasteiger partial charge in [0.1, 0.15) is 5.75 Å². The highest BCUT2D eigenvalue weighted by Gasteiger charge is 2.03. The van der Waals surface area contributed by atoms with E-state index in [1.165, 1.54) is 0 Å². The van der Waals surface area contributed by atoms with E-state index in [0.717, 1.165) is 16.7 Å². The first-order valence-corrected chi connectivity index (χ1v) is 6.64. The Morgan fingerprint density at radius 1 is 1.10 bits per heavy atom. The van der Waals surface area contributed by atoms with Gasteiger partial charge in [-0.1, -0.05) is 29.3 Å². The van der Waals surface area contributed by atoms with Gasteiger partial charge in [-0.3, -0.25) is 4.79 Å². The highest BCUT2D eigenvalue weighted by Crippen LogP contribution is 2.11. The highest BCUT2D eigenvalue weighted by atomic mass is 16.5. The summed E-state index contributed by atoms with van der Waals surface area (Å²) >= 11 is 0. The smallest absolute Gasteiger partial charge is 0.271 e. The van der Waals surface area contributed by atoms with E-state index in [9.17, 15) is 4.79 Å². The van der Waals surface area contributed by atoms with Gasteiger partial charge in [0, 0.05) is 5.56 Å². The van der Waals surface area contributed by atoms with Crippen LogP contribution in [0.1, 0.15) is 27.0 Å². The molecule has 1 amide bonds. The number of ether oxygens (including phenoxy) is 1. The topological polar surface area (TPSA) is 50.7 Å². The normalized spacial score (nSPS) is 10.6. The third kappa shape index (κ3) is 4.18. The molecule has 21 heavy (non-hydrogen) atoms. The molecule has 0 fully saturated rings. The zero-order chi connectivity index (χ0) is 15.2. The zero-order valence-electron chi connectivity index (χ0n) is 12.4. The number of aryl methyl sites for hydroxylation is 2. The standard InChI is InChI=1S/C17H18N2O2/c1-12-8-13(2)10-14(9-12)11-18-19-17(20)15-4-6-16(21-3)7-5-15/h4-11H,1-3H3,(H,19,20)/b18-11+. The fourth-order valence-electron chi connectivity index (χ4n) is 2.06. The van der Waals surface area contributed by atoms with Crippen molar-refractivity contribution in [3.8, 4) is 5.75 Å².